The summed E-state index contributed by atoms with van der Waals surface area (Å²) in [5, 5.41) is 10.7. The predicted molar refractivity (Wildman–Crippen MR) is 101 cm³/mol. The fourth-order valence-electron chi connectivity index (χ4n) is 1.85. The fourth-order valence-corrected chi connectivity index (χ4v) is 2.27. The molecule has 0 atom stereocenters. The van der Waals surface area contributed by atoms with Gasteiger partial charge in [-0.15, -0.1) is 0 Å². The van der Waals surface area contributed by atoms with Gasteiger partial charge in [-0.3, -0.25) is 14.9 Å². The number of nitrogens with zero attached hydrogens (tertiary/aromatic N) is 1. The van der Waals surface area contributed by atoms with E-state index in [1.807, 2.05) is 0 Å². The lowest BCUT2D eigenvalue weighted by atomic mass is 10.0. The first-order valence-corrected chi connectivity index (χ1v) is 8.32. The number of nitrogens with two attached hydrogens (primary N) is 1. The highest BCUT2D eigenvalue weighted by molar-refractivity contribution is 9.10. The molecule has 26 heavy (non-hydrogen) atoms. The van der Waals surface area contributed by atoms with Gasteiger partial charge in [0.1, 0.15) is 5.60 Å². The van der Waals surface area contributed by atoms with Gasteiger partial charge in [-0.25, -0.2) is 4.79 Å². The van der Waals surface area contributed by atoms with Gasteiger partial charge >= 0.3 is 6.09 Å². The average molecular weight is 423 g/mol. The van der Waals surface area contributed by atoms with Crippen molar-refractivity contribution in [3.63, 3.8) is 0 Å². The van der Waals surface area contributed by atoms with Crippen LogP contribution >= 0.6 is 15.9 Å². The molecule has 2 rings (SSSR count). The van der Waals surface area contributed by atoms with Crippen molar-refractivity contribution in [1.29, 1.82) is 0 Å². The van der Waals surface area contributed by atoms with E-state index >= 15 is 0 Å². The summed E-state index contributed by atoms with van der Waals surface area (Å²) in [6.45, 7) is 5.28. The maximum absolute atomic E-state index is 12.2. The molecule has 0 bridgehead atoms. The largest absolute Gasteiger partial charge is 0.444 e. The third-order valence-corrected chi connectivity index (χ3v) is 3.54. The SMILES string of the molecule is CC(C)(C)OC(N)=O.O=C(c1ccccc1)c1cc([N+](=O)[O-])ccc1Br. The van der Waals surface area contributed by atoms with Crippen LogP contribution in [0.1, 0.15) is 36.7 Å². The van der Waals surface area contributed by atoms with Crippen LogP contribution in [0.4, 0.5) is 10.5 Å². The molecule has 138 valence electrons. The molecule has 2 N–H and O–H groups in total. The third kappa shape index (κ3) is 7.02. The molecule has 2 aromatic rings. The summed E-state index contributed by atoms with van der Waals surface area (Å²) in [4.78, 5) is 32.4. The van der Waals surface area contributed by atoms with Gasteiger partial charge in [0, 0.05) is 27.7 Å². The Balaban J connectivity index is 0.000000359. The van der Waals surface area contributed by atoms with E-state index in [0.29, 0.717) is 10.0 Å². The van der Waals surface area contributed by atoms with Gasteiger partial charge in [-0.1, -0.05) is 46.3 Å². The molecule has 0 heterocycles. The number of benzene rings is 2. The Bertz CT molecular complexity index is 801. The van der Waals surface area contributed by atoms with E-state index in [-0.39, 0.29) is 17.0 Å². The zero-order chi connectivity index (χ0) is 19.9. The highest BCUT2D eigenvalue weighted by Gasteiger charge is 2.16. The lowest BCUT2D eigenvalue weighted by molar-refractivity contribution is -0.384. The quantitative estimate of drug-likeness (QED) is 0.445. The molecule has 7 nitrogen and oxygen atoms in total. The van der Waals surface area contributed by atoms with Crippen molar-refractivity contribution < 1.29 is 19.2 Å². The van der Waals surface area contributed by atoms with Crippen LogP contribution in [0.3, 0.4) is 0 Å². The Morgan fingerprint density at radius 1 is 1.12 bits per heavy atom. The number of rotatable bonds is 3. The zero-order valence-corrected chi connectivity index (χ0v) is 16.1. The van der Waals surface area contributed by atoms with Crippen LogP contribution in [0.15, 0.2) is 53.0 Å². The summed E-state index contributed by atoms with van der Waals surface area (Å²) in [6.07, 6.45) is -0.725. The monoisotopic (exact) mass is 422 g/mol. The summed E-state index contributed by atoms with van der Waals surface area (Å²) >= 11 is 3.23. The molecule has 0 unspecified atom stereocenters. The molecule has 0 saturated heterocycles. The summed E-state index contributed by atoms with van der Waals surface area (Å²) < 4.78 is 5.12. The smallest absolute Gasteiger partial charge is 0.405 e. The van der Waals surface area contributed by atoms with Gasteiger partial charge in [0.15, 0.2) is 5.78 Å². The number of primary amides is 1. The van der Waals surface area contributed by atoms with Crippen molar-refractivity contribution in [2.24, 2.45) is 5.73 Å². The predicted octanol–water partition coefficient (Wildman–Crippen LogP) is 4.47. The summed E-state index contributed by atoms with van der Waals surface area (Å²) in [5.74, 6) is -0.244. The third-order valence-electron chi connectivity index (χ3n) is 2.85. The molecule has 0 aliphatic rings. The first-order valence-electron chi connectivity index (χ1n) is 7.53. The van der Waals surface area contributed by atoms with Gasteiger partial charge in [-0.05, 0) is 26.8 Å². The summed E-state index contributed by atoms with van der Waals surface area (Å²) in [7, 11) is 0. The highest BCUT2D eigenvalue weighted by atomic mass is 79.9. The molecule has 0 aromatic heterocycles. The number of carbonyl (C=O) groups is 2. The van der Waals surface area contributed by atoms with Crippen molar-refractivity contribution in [2.75, 3.05) is 0 Å². The molecule has 0 saturated carbocycles. The fraction of sp³-hybridized carbons (Fsp3) is 0.222. The number of carbonyl (C=O) groups excluding carboxylic acids is 2. The van der Waals surface area contributed by atoms with Crippen molar-refractivity contribution in [1.82, 2.24) is 0 Å². The van der Waals surface area contributed by atoms with Gasteiger partial charge in [-0.2, -0.15) is 0 Å². The lowest BCUT2D eigenvalue weighted by Crippen LogP contribution is -2.27. The van der Waals surface area contributed by atoms with E-state index in [1.165, 1.54) is 18.2 Å². The molecule has 0 fully saturated rings. The Morgan fingerprint density at radius 3 is 2.12 bits per heavy atom. The van der Waals surface area contributed by atoms with E-state index in [0.717, 1.165) is 0 Å². The van der Waals surface area contributed by atoms with Crippen LogP contribution in [0, 0.1) is 10.1 Å². The first kappa shape index (κ1) is 21.3. The lowest BCUT2D eigenvalue weighted by Gasteiger charge is -2.16. The molecule has 0 aliphatic carbocycles. The number of hydrogen-bond acceptors (Lipinski definition) is 5. The maximum Gasteiger partial charge on any atom is 0.405 e. The minimum absolute atomic E-state index is 0.0996. The van der Waals surface area contributed by atoms with E-state index < -0.39 is 16.6 Å². The van der Waals surface area contributed by atoms with E-state index in [4.69, 9.17) is 5.73 Å². The molecule has 0 spiro atoms. The van der Waals surface area contributed by atoms with E-state index in [1.54, 1.807) is 51.1 Å². The highest BCUT2D eigenvalue weighted by Crippen LogP contribution is 2.24. The van der Waals surface area contributed by atoms with Crippen molar-refractivity contribution in [3.05, 3.63) is 74.2 Å². The number of hydrogen-bond donors (Lipinski definition) is 1. The van der Waals surface area contributed by atoms with Crippen molar-refractivity contribution in [2.45, 2.75) is 26.4 Å². The summed E-state index contributed by atoms with van der Waals surface area (Å²) in [5.41, 5.74) is 4.95. The molecular formula is C18H19BrN2O5. The van der Waals surface area contributed by atoms with Gasteiger partial charge < -0.3 is 10.5 Å². The van der Waals surface area contributed by atoms with Crippen LogP contribution < -0.4 is 5.73 Å². The van der Waals surface area contributed by atoms with Crippen molar-refractivity contribution >= 4 is 33.5 Å². The van der Waals surface area contributed by atoms with E-state index in [9.17, 15) is 19.7 Å². The van der Waals surface area contributed by atoms with Crippen LogP contribution in [-0.4, -0.2) is 22.4 Å². The van der Waals surface area contributed by atoms with E-state index in [2.05, 4.69) is 20.7 Å². The zero-order valence-electron chi connectivity index (χ0n) is 14.6. The molecule has 2 aromatic carbocycles. The number of non-ortho nitro benzene ring substituents is 1. The Labute approximate surface area is 159 Å². The maximum atomic E-state index is 12.2. The second kappa shape index (κ2) is 9.10. The molecule has 1 amide bonds. The Hall–Kier alpha value is -2.74. The van der Waals surface area contributed by atoms with Gasteiger partial charge in [0.25, 0.3) is 5.69 Å². The first-order chi connectivity index (χ1) is 12.0. The number of nitro benzene ring substituents is 1. The number of ether oxygens (including phenoxy) is 1. The summed E-state index contributed by atoms with van der Waals surface area (Å²) in [6, 6.07) is 12.8. The molecule has 0 radical (unpaired) electrons. The van der Waals surface area contributed by atoms with Crippen LogP contribution in [0.5, 0.6) is 0 Å². The van der Waals surface area contributed by atoms with Crippen LogP contribution in [-0.2, 0) is 4.74 Å². The molecule has 0 aliphatic heterocycles. The normalized spacial score (nSPS) is 10.3. The number of amides is 1. The number of ketones is 1. The minimum atomic E-state index is -0.725. The van der Waals surface area contributed by atoms with Gasteiger partial charge in [0.05, 0.1) is 4.92 Å². The second-order valence-corrected chi connectivity index (χ2v) is 7.00. The topological polar surface area (TPSA) is 113 Å². The number of nitro groups is 1. The standard InChI is InChI=1S/C13H8BrNO3.C5H11NO2/c14-12-7-6-10(15(17)18)8-11(12)13(16)9-4-2-1-3-5-9;1-5(2,3)8-4(6)7/h1-8H;1-3H3,(H2,6,7). The minimum Gasteiger partial charge on any atom is -0.444 e. The second-order valence-electron chi connectivity index (χ2n) is 6.15. The van der Waals surface area contributed by atoms with Gasteiger partial charge in [0.2, 0.25) is 0 Å². The molecular weight excluding hydrogens is 404 g/mol. The Morgan fingerprint density at radius 2 is 1.69 bits per heavy atom. The van der Waals surface area contributed by atoms with Crippen molar-refractivity contribution in [3.8, 4) is 0 Å². The average Bonchev–Trinajstić information content (AvgIpc) is 2.53. The van der Waals surface area contributed by atoms with Crippen LogP contribution in [0.25, 0.3) is 0 Å². The Kier molecular flexibility index (Phi) is 7.45. The number of halogens is 1. The van der Waals surface area contributed by atoms with Crippen LogP contribution in [0.2, 0.25) is 0 Å². The molecule has 8 heteroatoms.